The summed E-state index contributed by atoms with van der Waals surface area (Å²) in [6, 6.07) is 15.4. The van der Waals surface area contributed by atoms with Crippen LogP contribution in [-0.4, -0.2) is 45.6 Å². The highest BCUT2D eigenvalue weighted by Gasteiger charge is 2.39. The number of para-hydroxylation sites is 2. The summed E-state index contributed by atoms with van der Waals surface area (Å²) >= 11 is 0. The number of benzene rings is 2. The zero-order chi connectivity index (χ0) is 24.3. The Morgan fingerprint density at radius 2 is 1.51 bits per heavy atom. The summed E-state index contributed by atoms with van der Waals surface area (Å²) < 4.78 is 6.19. The Hall–Kier alpha value is -3.72. The van der Waals surface area contributed by atoms with Crippen LogP contribution in [0.3, 0.4) is 0 Å². The Kier molecular flexibility index (Phi) is 5.10. The number of ether oxygens (including phenoxy) is 1. The fourth-order valence-electron chi connectivity index (χ4n) is 5.51. The molecule has 0 aliphatic carbocycles. The molecular formula is C27H26N4O4. The molecule has 178 valence electrons. The highest BCUT2D eigenvalue weighted by Crippen LogP contribution is 2.44. The second-order valence-electron chi connectivity index (χ2n) is 9.21. The summed E-state index contributed by atoms with van der Waals surface area (Å²) in [7, 11) is 0. The molecule has 6 rings (SSSR count). The Morgan fingerprint density at radius 3 is 2.20 bits per heavy atom. The van der Waals surface area contributed by atoms with Crippen molar-refractivity contribution in [3.8, 4) is 0 Å². The van der Waals surface area contributed by atoms with Crippen LogP contribution in [0.2, 0.25) is 0 Å². The van der Waals surface area contributed by atoms with Crippen molar-refractivity contribution in [1.29, 1.82) is 0 Å². The lowest BCUT2D eigenvalue weighted by Crippen LogP contribution is -2.41. The zero-order valence-electron chi connectivity index (χ0n) is 19.2. The summed E-state index contributed by atoms with van der Waals surface area (Å²) in [5, 5.41) is 14.5. The van der Waals surface area contributed by atoms with Gasteiger partial charge in [0.05, 0.1) is 35.2 Å². The van der Waals surface area contributed by atoms with Crippen LogP contribution in [0.15, 0.2) is 48.5 Å². The molecule has 2 amide bonds. The monoisotopic (exact) mass is 470 g/mol. The van der Waals surface area contributed by atoms with E-state index in [0.717, 1.165) is 33.1 Å². The predicted octanol–water partition coefficient (Wildman–Crippen LogP) is 3.06. The molecule has 2 aliphatic rings. The number of hydrogen-bond acceptors (Lipinski definition) is 5. The highest BCUT2D eigenvalue weighted by atomic mass is 16.5. The van der Waals surface area contributed by atoms with E-state index in [1.165, 1.54) is 0 Å². The molecule has 0 bridgehead atoms. The number of carbonyl (C=O) groups is 2. The molecule has 1 saturated heterocycles. The molecular weight excluding hydrogens is 444 g/mol. The molecule has 0 spiro atoms. The number of carbonyl (C=O) groups excluding carboxylic acids is 2. The third kappa shape index (κ3) is 3.33. The minimum atomic E-state index is -0.635. The zero-order valence-corrected chi connectivity index (χ0v) is 19.2. The lowest BCUT2D eigenvalue weighted by molar-refractivity contribution is -0.122. The number of amides is 2. The van der Waals surface area contributed by atoms with Gasteiger partial charge < -0.3 is 25.5 Å². The van der Waals surface area contributed by atoms with Crippen LogP contribution < -0.4 is 11.1 Å². The summed E-state index contributed by atoms with van der Waals surface area (Å²) in [6.45, 7) is 2.10. The van der Waals surface area contributed by atoms with E-state index in [4.69, 9.17) is 10.5 Å². The average molecular weight is 471 g/mol. The summed E-state index contributed by atoms with van der Waals surface area (Å²) in [5.41, 5.74) is 11.2. The van der Waals surface area contributed by atoms with Crippen LogP contribution in [0, 0.1) is 6.92 Å². The first-order valence-electron chi connectivity index (χ1n) is 11.8. The van der Waals surface area contributed by atoms with Gasteiger partial charge in [0.15, 0.2) is 0 Å². The van der Waals surface area contributed by atoms with Gasteiger partial charge in [-0.15, -0.1) is 0 Å². The molecule has 2 aromatic heterocycles. The van der Waals surface area contributed by atoms with Crippen molar-refractivity contribution >= 4 is 44.8 Å². The Labute approximate surface area is 201 Å². The van der Waals surface area contributed by atoms with E-state index in [1.807, 2.05) is 55.5 Å². The minimum absolute atomic E-state index is 0.189. The summed E-state index contributed by atoms with van der Waals surface area (Å²) in [4.78, 5) is 33.4. The Morgan fingerprint density at radius 1 is 0.914 bits per heavy atom. The smallest absolute Gasteiger partial charge is 0.259 e. The minimum Gasteiger partial charge on any atom is -0.390 e. The molecule has 6 N–H and O–H groups in total. The lowest BCUT2D eigenvalue weighted by atomic mass is 9.90. The molecule has 35 heavy (non-hydrogen) atoms. The lowest BCUT2D eigenvalue weighted by Gasteiger charge is -2.33. The number of aryl methyl sites for hydroxylation is 1. The van der Waals surface area contributed by atoms with Gasteiger partial charge in [-0.05, 0) is 31.9 Å². The molecule has 1 fully saturated rings. The first kappa shape index (κ1) is 21.8. The normalized spacial score (nSPS) is 23.0. The number of imide groups is 1. The molecule has 0 unspecified atom stereocenters. The van der Waals surface area contributed by atoms with E-state index in [1.54, 1.807) is 0 Å². The average Bonchev–Trinajstić information content (AvgIpc) is 3.48. The van der Waals surface area contributed by atoms with Crippen molar-refractivity contribution in [2.24, 2.45) is 5.73 Å². The van der Waals surface area contributed by atoms with Crippen LogP contribution in [0.1, 0.15) is 41.5 Å². The Bertz CT molecular complexity index is 1530. The third-order valence-electron chi connectivity index (χ3n) is 7.11. The fourth-order valence-corrected chi connectivity index (χ4v) is 5.51. The van der Waals surface area contributed by atoms with Gasteiger partial charge in [0.1, 0.15) is 0 Å². The number of nitrogens with two attached hydrogens (primary N) is 1. The predicted molar refractivity (Wildman–Crippen MR) is 133 cm³/mol. The first-order valence-corrected chi connectivity index (χ1v) is 11.8. The standard InChI is InChI=1S/C27H26N4O4/c1-13-21(14-6-2-4-8-16(14)29-13)23-24(27(34)31-26(23)33)22-15-7-3-5-9-17(15)30-25(22)19-11-10-18(32)20(12-28)35-19/h2-9,18-20,29-30,32H,10-12,28H2,1H3,(H,31,33,34)/t18-,19-,20+/m0/s1. The van der Waals surface area contributed by atoms with E-state index >= 15 is 0 Å². The molecule has 2 aliphatic heterocycles. The number of H-pyrrole nitrogens is 2. The topological polar surface area (TPSA) is 133 Å². The van der Waals surface area contributed by atoms with Crippen LogP contribution in [-0.2, 0) is 14.3 Å². The maximum absolute atomic E-state index is 13.4. The molecule has 4 heterocycles. The number of nitrogens with one attached hydrogen (secondary N) is 3. The number of aliphatic hydroxyl groups is 1. The number of rotatable bonds is 4. The third-order valence-corrected chi connectivity index (χ3v) is 7.11. The number of aromatic amines is 2. The maximum atomic E-state index is 13.4. The van der Waals surface area contributed by atoms with Crippen LogP contribution >= 0.6 is 0 Å². The molecule has 3 atom stereocenters. The van der Waals surface area contributed by atoms with Gasteiger partial charge >= 0.3 is 0 Å². The van der Waals surface area contributed by atoms with Crippen molar-refractivity contribution in [3.05, 3.63) is 71.0 Å². The van der Waals surface area contributed by atoms with Crippen molar-refractivity contribution in [3.63, 3.8) is 0 Å². The van der Waals surface area contributed by atoms with Crippen LogP contribution in [0.25, 0.3) is 33.0 Å². The molecule has 4 aromatic rings. The summed E-state index contributed by atoms with van der Waals surface area (Å²) in [5.74, 6) is -0.860. The molecule has 8 nitrogen and oxygen atoms in total. The van der Waals surface area contributed by atoms with Gasteiger partial charge in [-0.1, -0.05) is 36.4 Å². The van der Waals surface area contributed by atoms with Gasteiger partial charge in [-0.2, -0.15) is 0 Å². The van der Waals surface area contributed by atoms with Crippen molar-refractivity contribution in [2.45, 2.75) is 38.1 Å². The van der Waals surface area contributed by atoms with E-state index in [-0.39, 0.29) is 6.54 Å². The largest absolute Gasteiger partial charge is 0.390 e. The maximum Gasteiger partial charge on any atom is 0.259 e. The SMILES string of the molecule is Cc1[nH]c2ccccc2c1C1=C(c2c([C@@H]3CC[C@H](O)[C@@H](CN)O3)[nH]c3ccccc23)C(=O)NC1=O. The van der Waals surface area contributed by atoms with Gasteiger partial charge in [-0.3, -0.25) is 14.9 Å². The molecule has 0 radical (unpaired) electrons. The number of aliphatic hydroxyl groups excluding tert-OH is 1. The van der Waals surface area contributed by atoms with Gasteiger partial charge in [0, 0.05) is 45.2 Å². The van der Waals surface area contributed by atoms with E-state index in [9.17, 15) is 14.7 Å². The van der Waals surface area contributed by atoms with E-state index in [2.05, 4.69) is 15.3 Å². The van der Waals surface area contributed by atoms with Gasteiger partial charge in [0.25, 0.3) is 11.8 Å². The van der Waals surface area contributed by atoms with Crippen molar-refractivity contribution in [1.82, 2.24) is 15.3 Å². The number of fused-ring (bicyclic) bond motifs is 2. The second-order valence-corrected chi connectivity index (χ2v) is 9.21. The van der Waals surface area contributed by atoms with Gasteiger partial charge in [0.2, 0.25) is 0 Å². The number of hydrogen-bond donors (Lipinski definition) is 5. The van der Waals surface area contributed by atoms with E-state index < -0.39 is 30.1 Å². The summed E-state index contributed by atoms with van der Waals surface area (Å²) in [6.07, 6.45) is -0.460. The molecule has 8 heteroatoms. The molecule has 0 saturated carbocycles. The van der Waals surface area contributed by atoms with Gasteiger partial charge in [-0.25, -0.2) is 0 Å². The fraction of sp³-hybridized carbons (Fsp3) is 0.259. The van der Waals surface area contributed by atoms with Crippen molar-refractivity contribution < 1.29 is 19.4 Å². The quantitative estimate of drug-likeness (QED) is 0.292. The highest BCUT2D eigenvalue weighted by molar-refractivity contribution is 6.51. The Balaban J connectivity index is 1.63. The van der Waals surface area contributed by atoms with Crippen molar-refractivity contribution in [2.75, 3.05) is 6.54 Å². The van der Waals surface area contributed by atoms with E-state index in [0.29, 0.717) is 35.2 Å². The van der Waals surface area contributed by atoms with Crippen LogP contribution in [0.4, 0.5) is 0 Å². The number of aromatic nitrogens is 2. The first-order chi connectivity index (χ1) is 17.0. The molecule has 2 aromatic carbocycles. The van der Waals surface area contributed by atoms with Crippen LogP contribution in [0.5, 0.6) is 0 Å². The second kappa shape index (κ2) is 8.20.